The average molecular weight is 200 g/mol. The summed E-state index contributed by atoms with van der Waals surface area (Å²) in [7, 11) is 0. The zero-order valence-corrected chi connectivity index (χ0v) is 6.84. The van der Waals surface area contributed by atoms with Gasteiger partial charge in [-0.05, 0) is 6.07 Å². The topological polar surface area (TPSA) is 43.3 Å². The Balaban J connectivity index is 2.70. The summed E-state index contributed by atoms with van der Waals surface area (Å²) in [6.45, 7) is 0. The van der Waals surface area contributed by atoms with Gasteiger partial charge in [-0.25, -0.2) is 4.98 Å². The zero-order chi connectivity index (χ0) is 10.3. The normalized spacial score (nSPS) is 12.2. The molecule has 3 nitrogen and oxygen atoms in total. The molecular formula is C8H5F3N3. The molecule has 6 heteroatoms. The van der Waals surface area contributed by atoms with Crippen LogP contribution < -0.4 is 5.73 Å². The van der Waals surface area contributed by atoms with E-state index < -0.39 is 11.7 Å². The first-order chi connectivity index (χ1) is 6.48. The molecule has 0 aliphatic rings. The molecule has 0 aromatic carbocycles. The van der Waals surface area contributed by atoms with Crippen LogP contribution in [0.1, 0.15) is 5.56 Å². The van der Waals surface area contributed by atoms with E-state index in [9.17, 15) is 13.2 Å². The first-order valence-electron chi connectivity index (χ1n) is 3.70. The summed E-state index contributed by atoms with van der Waals surface area (Å²) in [4.78, 5) is 3.76. The van der Waals surface area contributed by atoms with Gasteiger partial charge >= 0.3 is 6.18 Å². The summed E-state index contributed by atoms with van der Waals surface area (Å²) < 4.78 is 38.0. The van der Waals surface area contributed by atoms with E-state index >= 15 is 0 Å². The molecule has 2 heterocycles. The fourth-order valence-electron chi connectivity index (χ4n) is 1.15. The molecule has 2 aromatic rings. The second-order valence-corrected chi connectivity index (χ2v) is 2.76. The number of halogens is 3. The van der Waals surface area contributed by atoms with Crippen LogP contribution in [0.15, 0.2) is 18.5 Å². The van der Waals surface area contributed by atoms with Gasteiger partial charge in [0.1, 0.15) is 0 Å². The van der Waals surface area contributed by atoms with Gasteiger partial charge in [0.15, 0.2) is 5.65 Å². The van der Waals surface area contributed by atoms with Crippen molar-refractivity contribution in [2.75, 3.05) is 5.73 Å². The molecule has 0 saturated carbocycles. The first kappa shape index (κ1) is 8.86. The number of aromatic nitrogens is 2. The fourth-order valence-corrected chi connectivity index (χ4v) is 1.15. The van der Waals surface area contributed by atoms with Gasteiger partial charge in [0.25, 0.3) is 0 Å². The fraction of sp³-hybridized carbons (Fsp3) is 0.125. The maximum atomic E-state index is 12.3. The number of pyridine rings is 1. The maximum Gasteiger partial charge on any atom is 0.417 e. The molecule has 0 atom stereocenters. The molecule has 73 valence electrons. The highest BCUT2D eigenvalue weighted by atomic mass is 19.4. The minimum atomic E-state index is -4.40. The predicted octanol–water partition coefficient (Wildman–Crippen LogP) is 1.74. The highest BCUT2D eigenvalue weighted by molar-refractivity contribution is 5.65. The molecule has 2 aromatic heterocycles. The van der Waals surface area contributed by atoms with E-state index in [0.717, 1.165) is 16.7 Å². The third-order valence-electron chi connectivity index (χ3n) is 1.78. The van der Waals surface area contributed by atoms with Crippen molar-refractivity contribution in [3.8, 4) is 0 Å². The smallest absolute Gasteiger partial charge is 0.396 e. The Morgan fingerprint density at radius 2 is 2.14 bits per heavy atom. The monoisotopic (exact) mass is 200 g/mol. The highest BCUT2D eigenvalue weighted by Gasteiger charge is 2.31. The average Bonchev–Trinajstić information content (AvgIpc) is 2.50. The molecule has 0 saturated heterocycles. The van der Waals surface area contributed by atoms with Crippen molar-refractivity contribution in [1.82, 2.24) is 9.38 Å². The van der Waals surface area contributed by atoms with Crippen molar-refractivity contribution in [1.29, 1.82) is 0 Å². The van der Waals surface area contributed by atoms with Crippen molar-refractivity contribution < 1.29 is 13.2 Å². The second kappa shape index (κ2) is 2.63. The van der Waals surface area contributed by atoms with Crippen LogP contribution in [0.3, 0.4) is 0 Å². The number of fused-ring (bicyclic) bond motifs is 1. The van der Waals surface area contributed by atoms with Crippen molar-refractivity contribution in [2.45, 2.75) is 6.18 Å². The van der Waals surface area contributed by atoms with Gasteiger partial charge in [0.2, 0.25) is 0 Å². The molecule has 0 spiro atoms. The van der Waals surface area contributed by atoms with Crippen LogP contribution in [0.25, 0.3) is 5.65 Å². The summed E-state index contributed by atoms with van der Waals surface area (Å²) in [6.07, 6.45) is 0.267. The molecule has 2 N–H and O–H groups in total. The predicted molar refractivity (Wildman–Crippen MR) is 43.4 cm³/mol. The van der Waals surface area contributed by atoms with Gasteiger partial charge < -0.3 is 5.73 Å². The van der Waals surface area contributed by atoms with Gasteiger partial charge in [0, 0.05) is 6.20 Å². The largest absolute Gasteiger partial charge is 0.417 e. The van der Waals surface area contributed by atoms with E-state index in [0.29, 0.717) is 0 Å². The maximum absolute atomic E-state index is 12.3. The van der Waals surface area contributed by atoms with E-state index in [2.05, 4.69) is 11.2 Å². The van der Waals surface area contributed by atoms with Crippen LogP contribution in [0, 0.1) is 6.20 Å². The molecule has 1 radical (unpaired) electrons. The van der Waals surface area contributed by atoms with E-state index in [4.69, 9.17) is 5.73 Å². The van der Waals surface area contributed by atoms with Crippen molar-refractivity contribution in [3.63, 3.8) is 0 Å². The minimum Gasteiger partial charge on any atom is -0.396 e. The first-order valence-corrected chi connectivity index (χ1v) is 3.70. The van der Waals surface area contributed by atoms with E-state index in [1.165, 1.54) is 6.20 Å². The number of rotatable bonds is 0. The summed E-state index contributed by atoms with van der Waals surface area (Å²) in [6, 6.07) is 0.857. The molecular weight excluding hydrogens is 195 g/mol. The summed E-state index contributed by atoms with van der Waals surface area (Å²) >= 11 is 0. The SMILES string of the molecule is Nc1cc(C(F)(F)F)cn2[c]cnc12. The molecule has 0 amide bonds. The third-order valence-corrected chi connectivity index (χ3v) is 1.78. The quantitative estimate of drug-likeness (QED) is 0.703. The lowest BCUT2D eigenvalue weighted by Gasteiger charge is -2.08. The lowest BCUT2D eigenvalue weighted by Crippen LogP contribution is -2.07. The Bertz CT molecular complexity index is 472. The van der Waals surface area contributed by atoms with Crippen LogP contribution in [0.2, 0.25) is 0 Å². The Morgan fingerprint density at radius 3 is 2.79 bits per heavy atom. The Labute approximate surface area is 77.0 Å². The van der Waals surface area contributed by atoms with Gasteiger partial charge in [-0.3, -0.25) is 4.40 Å². The zero-order valence-electron chi connectivity index (χ0n) is 6.84. The van der Waals surface area contributed by atoms with Crippen LogP contribution in [-0.2, 0) is 6.18 Å². The Morgan fingerprint density at radius 1 is 1.43 bits per heavy atom. The van der Waals surface area contributed by atoms with Crippen molar-refractivity contribution in [2.24, 2.45) is 0 Å². The molecule has 0 fully saturated rings. The lowest BCUT2D eigenvalue weighted by molar-refractivity contribution is -0.137. The summed E-state index contributed by atoms with van der Waals surface area (Å²) in [5, 5.41) is 0. The number of nitrogens with zero attached hydrogens (tertiary/aromatic N) is 2. The number of anilines is 1. The molecule has 0 unspecified atom stereocenters. The van der Waals surface area contributed by atoms with E-state index in [1.807, 2.05) is 0 Å². The van der Waals surface area contributed by atoms with Gasteiger partial charge in [0.05, 0.1) is 23.6 Å². The number of imidazole rings is 1. The summed E-state index contributed by atoms with van der Waals surface area (Å²) in [5.74, 6) is 0. The van der Waals surface area contributed by atoms with Crippen LogP contribution >= 0.6 is 0 Å². The van der Waals surface area contributed by atoms with E-state index in [-0.39, 0.29) is 11.3 Å². The van der Waals surface area contributed by atoms with Crippen molar-refractivity contribution >= 4 is 11.3 Å². The van der Waals surface area contributed by atoms with Crippen LogP contribution in [-0.4, -0.2) is 9.38 Å². The summed E-state index contributed by atoms with van der Waals surface area (Å²) in [5.41, 5.74) is 4.85. The molecule has 14 heavy (non-hydrogen) atoms. The lowest BCUT2D eigenvalue weighted by atomic mass is 10.2. The van der Waals surface area contributed by atoms with Gasteiger partial charge in [-0.15, -0.1) is 0 Å². The minimum absolute atomic E-state index is 0.0129. The van der Waals surface area contributed by atoms with Crippen LogP contribution in [0.4, 0.5) is 18.9 Å². The van der Waals surface area contributed by atoms with Gasteiger partial charge in [-0.1, -0.05) is 0 Å². The number of nitrogens with two attached hydrogens (primary N) is 1. The number of alkyl halides is 3. The third kappa shape index (κ3) is 1.28. The highest BCUT2D eigenvalue weighted by Crippen LogP contribution is 2.30. The Hall–Kier alpha value is -1.72. The molecule has 0 aliphatic carbocycles. The molecule has 2 rings (SSSR count). The number of hydrogen-bond acceptors (Lipinski definition) is 2. The van der Waals surface area contributed by atoms with Crippen LogP contribution in [0.5, 0.6) is 0 Å². The number of nitrogen functional groups attached to an aromatic ring is 1. The second-order valence-electron chi connectivity index (χ2n) is 2.76. The molecule has 0 aliphatic heterocycles. The van der Waals surface area contributed by atoms with E-state index in [1.54, 1.807) is 0 Å². The van der Waals surface area contributed by atoms with Crippen molar-refractivity contribution in [3.05, 3.63) is 30.2 Å². The van der Waals surface area contributed by atoms with Gasteiger partial charge in [-0.2, -0.15) is 13.2 Å². The Kier molecular flexibility index (Phi) is 1.67. The standard InChI is InChI=1S/C8H5F3N3/c9-8(10,11)5-3-6(12)7-13-1-2-14(7)4-5/h1,3-4H,12H2. The molecule has 0 bridgehead atoms. The number of hydrogen-bond donors (Lipinski definition) is 1.